The number of rotatable bonds is 8. The maximum atomic E-state index is 3.92. The SMILES string of the molecule is CCCNC1C(CN(CC2CC2)C2CC2)CCCC1(C)C. The van der Waals surface area contributed by atoms with Crippen LogP contribution in [-0.4, -0.2) is 36.6 Å². The van der Waals surface area contributed by atoms with Crippen LogP contribution in [0.15, 0.2) is 0 Å². The lowest BCUT2D eigenvalue weighted by Gasteiger charge is -2.46. The van der Waals surface area contributed by atoms with Gasteiger partial charge in [-0.2, -0.15) is 0 Å². The minimum absolute atomic E-state index is 0.479. The van der Waals surface area contributed by atoms with E-state index in [-0.39, 0.29) is 0 Å². The second-order valence-corrected chi connectivity index (χ2v) is 8.70. The Balaban J connectivity index is 1.61. The molecule has 0 radical (unpaired) electrons. The van der Waals surface area contributed by atoms with Gasteiger partial charge in [-0.1, -0.05) is 27.2 Å². The van der Waals surface area contributed by atoms with Gasteiger partial charge in [0.1, 0.15) is 0 Å². The van der Waals surface area contributed by atoms with Crippen molar-refractivity contribution in [3.63, 3.8) is 0 Å². The second-order valence-electron chi connectivity index (χ2n) is 8.70. The van der Waals surface area contributed by atoms with Gasteiger partial charge in [0.15, 0.2) is 0 Å². The minimum atomic E-state index is 0.479. The normalized spacial score (nSPS) is 32.6. The fourth-order valence-electron chi connectivity index (χ4n) is 4.47. The molecular formula is C19H36N2. The van der Waals surface area contributed by atoms with E-state index in [1.165, 1.54) is 71.0 Å². The van der Waals surface area contributed by atoms with Gasteiger partial charge in [0.25, 0.3) is 0 Å². The summed E-state index contributed by atoms with van der Waals surface area (Å²) in [6, 6.07) is 1.68. The van der Waals surface area contributed by atoms with Crippen molar-refractivity contribution < 1.29 is 0 Å². The first-order chi connectivity index (χ1) is 10.1. The summed E-state index contributed by atoms with van der Waals surface area (Å²) in [7, 11) is 0. The van der Waals surface area contributed by atoms with Crippen LogP contribution in [0.1, 0.15) is 72.1 Å². The molecular weight excluding hydrogens is 256 g/mol. The van der Waals surface area contributed by atoms with E-state index in [0.29, 0.717) is 5.41 Å². The Morgan fingerprint density at radius 3 is 2.43 bits per heavy atom. The van der Waals surface area contributed by atoms with Gasteiger partial charge in [-0.05, 0) is 68.7 Å². The van der Waals surface area contributed by atoms with Crippen molar-refractivity contribution in [2.75, 3.05) is 19.6 Å². The quantitative estimate of drug-likeness (QED) is 0.726. The average molecular weight is 293 g/mol. The molecule has 0 bridgehead atoms. The zero-order valence-electron chi connectivity index (χ0n) is 14.5. The Labute approximate surface area is 132 Å². The van der Waals surface area contributed by atoms with Crippen LogP contribution >= 0.6 is 0 Å². The maximum absolute atomic E-state index is 3.92. The van der Waals surface area contributed by atoms with Crippen molar-refractivity contribution in [3.05, 3.63) is 0 Å². The van der Waals surface area contributed by atoms with E-state index in [1.54, 1.807) is 0 Å². The van der Waals surface area contributed by atoms with Gasteiger partial charge in [0, 0.05) is 25.2 Å². The molecule has 0 saturated heterocycles. The van der Waals surface area contributed by atoms with Crippen LogP contribution in [0.3, 0.4) is 0 Å². The summed E-state index contributed by atoms with van der Waals surface area (Å²) in [6.45, 7) is 11.2. The van der Waals surface area contributed by atoms with Crippen molar-refractivity contribution in [1.29, 1.82) is 0 Å². The summed E-state index contributed by atoms with van der Waals surface area (Å²) in [5, 5.41) is 3.92. The Morgan fingerprint density at radius 2 is 1.81 bits per heavy atom. The largest absolute Gasteiger partial charge is 0.313 e. The molecule has 3 fully saturated rings. The first-order valence-corrected chi connectivity index (χ1v) is 9.57. The average Bonchev–Trinajstić information content (AvgIpc) is 3.29. The van der Waals surface area contributed by atoms with Gasteiger partial charge >= 0.3 is 0 Å². The third kappa shape index (κ3) is 4.22. The van der Waals surface area contributed by atoms with E-state index < -0.39 is 0 Å². The molecule has 3 aliphatic carbocycles. The summed E-state index contributed by atoms with van der Waals surface area (Å²) in [5.74, 6) is 1.92. The van der Waals surface area contributed by atoms with E-state index in [4.69, 9.17) is 0 Å². The summed E-state index contributed by atoms with van der Waals surface area (Å²) >= 11 is 0. The molecule has 21 heavy (non-hydrogen) atoms. The molecule has 2 atom stereocenters. The monoisotopic (exact) mass is 292 g/mol. The third-order valence-electron chi connectivity index (χ3n) is 6.05. The van der Waals surface area contributed by atoms with Crippen molar-refractivity contribution in [2.24, 2.45) is 17.3 Å². The van der Waals surface area contributed by atoms with Crippen molar-refractivity contribution in [2.45, 2.75) is 84.2 Å². The predicted octanol–water partition coefficient (Wildman–Crippen LogP) is 4.06. The Hall–Kier alpha value is -0.0800. The van der Waals surface area contributed by atoms with Crippen LogP contribution in [-0.2, 0) is 0 Å². The van der Waals surface area contributed by atoms with Gasteiger partial charge in [0.2, 0.25) is 0 Å². The number of hydrogen-bond donors (Lipinski definition) is 1. The van der Waals surface area contributed by atoms with E-state index in [1.807, 2.05) is 0 Å². The molecule has 2 unspecified atom stereocenters. The smallest absolute Gasteiger partial charge is 0.0159 e. The molecule has 3 rings (SSSR count). The number of nitrogens with one attached hydrogen (secondary N) is 1. The van der Waals surface area contributed by atoms with Crippen molar-refractivity contribution >= 4 is 0 Å². The molecule has 0 aromatic rings. The van der Waals surface area contributed by atoms with E-state index in [9.17, 15) is 0 Å². The fraction of sp³-hybridized carbons (Fsp3) is 1.00. The van der Waals surface area contributed by atoms with Gasteiger partial charge in [0.05, 0.1) is 0 Å². The Kier molecular flexibility index (Phi) is 4.95. The fourth-order valence-corrected chi connectivity index (χ4v) is 4.47. The molecule has 0 amide bonds. The topological polar surface area (TPSA) is 15.3 Å². The predicted molar refractivity (Wildman–Crippen MR) is 90.5 cm³/mol. The second kappa shape index (κ2) is 6.58. The van der Waals surface area contributed by atoms with Crippen molar-refractivity contribution in [3.8, 4) is 0 Å². The minimum Gasteiger partial charge on any atom is -0.313 e. The summed E-state index contributed by atoms with van der Waals surface area (Å²) < 4.78 is 0. The number of nitrogens with zero attached hydrogens (tertiary/aromatic N) is 1. The number of hydrogen-bond acceptors (Lipinski definition) is 2. The highest BCUT2D eigenvalue weighted by Crippen LogP contribution is 2.41. The molecule has 122 valence electrons. The Bertz CT molecular complexity index is 330. The van der Waals surface area contributed by atoms with Crippen molar-refractivity contribution in [1.82, 2.24) is 10.2 Å². The highest BCUT2D eigenvalue weighted by Gasteiger charge is 2.41. The molecule has 0 aliphatic heterocycles. The lowest BCUT2D eigenvalue weighted by Crippen LogP contribution is -2.53. The molecule has 0 heterocycles. The zero-order valence-corrected chi connectivity index (χ0v) is 14.5. The molecule has 0 spiro atoms. The third-order valence-corrected chi connectivity index (χ3v) is 6.05. The summed E-state index contributed by atoms with van der Waals surface area (Å²) in [6.07, 6.45) is 11.5. The molecule has 3 saturated carbocycles. The first-order valence-electron chi connectivity index (χ1n) is 9.57. The van der Waals surface area contributed by atoms with Gasteiger partial charge < -0.3 is 5.32 Å². The summed E-state index contributed by atoms with van der Waals surface area (Å²) in [4.78, 5) is 2.88. The molecule has 0 aromatic heterocycles. The highest BCUT2D eigenvalue weighted by atomic mass is 15.2. The van der Waals surface area contributed by atoms with E-state index in [2.05, 4.69) is 31.0 Å². The lowest BCUT2D eigenvalue weighted by atomic mass is 9.67. The standard InChI is InChI=1S/C19H36N2/c1-4-12-20-18-16(6-5-11-19(18,2)3)14-21(17-9-10-17)13-15-7-8-15/h15-18,20H,4-14H2,1-3H3. The molecule has 2 nitrogen and oxygen atoms in total. The van der Waals surface area contributed by atoms with Crippen LogP contribution < -0.4 is 5.32 Å². The zero-order chi connectivity index (χ0) is 14.9. The van der Waals surface area contributed by atoms with Crippen LogP contribution in [0.2, 0.25) is 0 Å². The molecule has 2 heteroatoms. The highest BCUT2D eigenvalue weighted by molar-refractivity contribution is 4.97. The maximum Gasteiger partial charge on any atom is 0.0159 e. The van der Waals surface area contributed by atoms with E-state index in [0.717, 1.165) is 23.9 Å². The van der Waals surface area contributed by atoms with Crippen LogP contribution in [0.25, 0.3) is 0 Å². The van der Waals surface area contributed by atoms with E-state index >= 15 is 0 Å². The molecule has 0 aromatic carbocycles. The van der Waals surface area contributed by atoms with Crippen LogP contribution in [0, 0.1) is 17.3 Å². The van der Waals surface area contributed by atoms with Crippen LogP contribution in [0.4, 0.5) is 0 Å². The van der Waals surface area contributed by atoms with Gasteiger partial charge in [-0.15, -0.1) is 0 Å². The van der Waals surface area contributed by atoms with Gasteiger partial charge in [-0.25, -0.2) is 0 Å². The Morgan fingerprint density at radius 1 is 1.05 bits per heavy atom. The summed E-state index contributed by atoms with van der Waals surface area (Å²) in [5.41, 5.74) is 0.479. The molecule has 3 aliphatic rings. The lowest BCUT2D eigenvalue weighted by molar-refractivity contribution is 0.0748. The first kappa shape index (κ1) is 15.8. The van der Waals surface area contributed by atoms with Crippen LogP contribution in [0.5, 0.6) is 0 Å². The molecule has 1 N–H and O–H groups in total. The van der Waals surface area contributed by atoms with Gasteiger partial charge in [-0.3, -0.25) is 4.90 Å².